The van der Waals surface area contributed by atoms with Gasteiger partial charge in [0.2, 0.25) is 0 Å². The summed E-state index contributed by atoms with van der Waals surface area (Å²) in [5.41, 5.74) is 4.17. The fourth-order valence-electron chi connectivity index (χ4n) is 4.64. The van der Waals surface area contributed by atoms with Crippen molar-refractivity contribution in [1.82, 2.24) is 19.6 Å². The molecule has 0 saturated carbocycles. The van der Waals surface area contributed by atoms with Gasteiger partial charge in [0.1, 0.15) is 6.17 Å². The average Bonchev–Trinajstić information content (AvgIpc) is 3.45. The third kappa shape index (κ3) is 5.13. The van der Waals surface area contributed by atoms with Gasteiger partial charge in [-0.3, -0.25) is 14.0 Å². The number of aromatic nitrogens is 2. The van der Waals surface area contributed by atoms with Crippen LogP contribution < -0.4 is 5.32 Å². The molecule has 0 unspecified atom stereocenters. The second-order valence-electron chi connectivity index (χ2n) is 9.12. The third-order valence-electron chi connectivity index (χ3n) is 6.73. The van der Waals surface area contributed by atoms with Crippen LogP contribution in [-0.4, -0.2) is 58.8 Å². The van der Waals surface area contributed by atoms with E-state index in [9.17, 15) is 14.0 Å². The summed E-state index contributed by atoms with van der Waals surface area (Å²) in [4.78, 5) is 32.5. The Labute approximate surface area is 207 Å². The number of imidazole rings is 1. The molecule has 0 spiro atoms. The summed E-state index contributed by atoms with van der Waals surface area (Å²) in [5.74, 6) is 0.0503. The van der Waals surface area contributed by atoms with Gasteiger partial charge in [-0.25, -0.2) is 9.37 Å². The maximum Gasteiger partial charge on any atom is 0.251 e. The number of Topliss-reactive ketones (excluding diaryl/α,β-unsaturated/α-hetero) is 1. The van der Waals surface area contributed by atoms with Gasteiger partial charge in [0.25, 0.3) is 5.91 Å². The van der Waals surface area contributed by atoms with E-state index in [1.807, 2.05) is 36.5 Å². The quantitative estimate of drug-likeness (QED) is 0.266. The number of hydrogen-bond acceptors (Lipinski definition) is 5. The van der Waals surface area contributed by atoms with Crippen LogP contribution in [0.2, 0.25) is 0 Å². The standard InChI is InChI=1S/C27H29FN4O2S/c1-29-26(34)19-7-5-18(6-8-19)22-17-32-23-10-9-20(16-25(23)35-27(32)30-22)24(33)4-2-3-13-31-14-11-21(28)12-15-31/h5-10,16-17,21H,2-4,11-15H2,1H3,(H,29,34). The van der Waals surface area contributed by atoms with Gasteiger partial charge < -0.3 is 10.2 Å². The van der Waals surface area contributed by atoms with Crippen LogP contribution in [0.4, 0.5) is 4.39 Å². The molecule has 1 saturated heterocycles. The van der Waals surface area contributed by atoms with Crippen LogP contribution >= 0.6 is 11.3 Å². The minimum absolute atomic E-state index is 0.114. The Kier molecular flexibility index (Phi) is 6.92. The monoisotopic (exact) mass is 492 g/mol. The van der Waals surface area contributed by atoms with Crippen LogP contribution in [0.15, 0.2) is 48.7 Å². The molecular formula is C27H29FN4O2S. The number of nitrogens with zero attached hydrogens (tertiary/aromatic N) is 3. The Hall–Kier alpha value is -3.10. The molecule has 1 amide bonds. The summed E-state index contributed by atoms with van der Waals surface area (Å²) in [6, 6.07) is 13.3. The number of thiazole rings is 1. The highest BCUT2D eigenvalue weighted by atomic mass is 32.1. The maximum absolute atomic E-state index is 13.3. The zero-order chi connectivity index (χ0) is 24.4. The Morgan fingerprint density at radius 1 is 1.09 bits per heavy atom. The second-order valence-corrected chi connectivity index (χ2v) is 10.1. The number of hydrogen-bond donors (Lipinski definition) is 1. The van der Waals surface area contributed by atoms with Crippen molar-refractivity contribution in [2.24, 2.45) is 0 Å². The highest BCUT2D eigenvalue weighted by Gasteiger charge is 2.18. The van der Waals surface area contributed by atoms with Crippen LogP contribution in [0.3, 0.4) is 0 Å². The predicted molar refractivity (Wildman–Crippen MR) is 138 cm³/mol. The Balaban J connectivity index is 1.23. The van der Waals surface area contributed by atoms with E-state index in [4.69, 9.17) is 4.98 Å². The van der Waals surface area contributed by atoms with Crippen LogP contribution in [0.1, 0.15) is 52.8 Å². The molecule has 0 aliphatic carbocycles. The molecule has 8 heteroatoms. The lowest BCUT2D eigenvalue weighted by Gasteiger charge is -2.28. The summed E-state index contributed by atoms with van der Waals surface area (Å²) in [6.07, 6.45) is 4.97. The number of carbonyl (C=O) groups is 2. The SMILES string of the molecule is CNC(=O)c1ccc(-c2cn3c(n2)sc2cc(C(=O)CCCCN4CCC(F)CC4)ccc23)cc1. The fraction of sp³-hybridized carbons (Fsp3) is 0.370. The van der Waals surface area contributed by atoms with Gasteiger partial charge >= 0.3 is 0 Å². The van der Waals surface area contributed by atoms with Crippen molar-refractivity contribution in [3.8, 4) is 11.3 Å². The summed E-state index contributed by atoms with van der Waals surface area (Å²) in [5, 5.41) is 2.63. The molecule has 1 aliphatic rings. The topological polar surface area (TPSA) is 66.7 Å². The van der Waals surface area contributed by atoms with E-state index in [1.165, 1.54) is 0 Å². The molecule has 6 nitrogen and oxygen atoms in total. The molecule has 35 heavy (non-hydrogen) atoms. The van der Waals surface area contributed by atoms with Crippen molar-refractivity contribution in [2.75, 3.05) is 26.7 Å². The number of carbonyl (C=O) groups excluding carboxylic acids is 2. The van der Waals surface area contributed by atoms with E-state index in [0.717, 1.165) is 64.5 Å². The number of alkyl halides is 1. The smallest absolute Gasteiger partial charge is 0.251 e. The second kappa shape index (κ2) is 10.3. The number of piperidine rings is 1. The largest absolute Gasteiger partial charge is 0.355 e. The first kappa shape index (κ1) is 23.6. The molecule has 2 aromatic heterocycles. The zero-order valence-corrected chi connectivity index (χ0v) is 20.6. The average molecular weight is 493 g/mol. The van der Waals surface area contributed by atoms with Crippen molar-refractivity contribution < 1.29 is 14.0 Å². The molecular weight excluding hydrogens is 463 g/mol. The van der Waals surface area contributed by atoms with Crippen molar-refractivity contribution in [3.05, 3.63) is 59.8 Å². The summed E-state index contributed by atoms with van der Waals surface area (Å²) < 4.78 is 16.3. The molecule has 3 heterocycles. The first-order valence-electron chi connectivity index (χ1n) is 12.2. The highest BCUT2D eigenvalue weighted by molar-refractivity contribution is 7.23. The number of unbranched alkanes of at least 4 members (excludes halogenated alkanes) is 1. The molecule has 0 radical (unpaired) electrons. The number of rotatable bonds is 8. The van der Waals surface area contributed by atoms with E-state index in [2.05, 4.69) is 14.6 Å². The van der Waals surface area contributed by atoms with Crippen molar-refractivity contribution >= 4 is 38.2 Å². The molecule has 0 bridgehead atoms. The molecule has 2 aromatic carbocycles. The number of halogens is 1. The van der Waals surface area contributed by atoms with Gasteiger partial charge in [-0.1, -0.05) is 23.5 Å². The van der Waals surface area contributed by atoms with E-state index < -0.39 is 6.17 Å². The molecule has 5 rings (SSSR count). The zero-order valence-electron chi connectivity index (χ0n) is 19.8. The first-order chi connectivity index (χ1) is 17.0. The number of amides is 1. The lowest BCUT2D eigenvalue weighted by atomic mass is 10.0. The number of ketones is 1. The fourth-order valence-corrected chi connectivity index (χ4v) is 5.69. The highest BCUT2D eigenvalue weighted by Crippen LogP contribution is 2.30. The first-order valence-corrected chi connectivity index (χ1v) is 13.0. The van der Waals surface area contributed by atoms with Gasteiger partial charge in [-0.2, -0.15) is 0 Å². The van der Waals surface area contributed by atoms with Gasteiger partial charge in [0.15, 0.2) is 10.7 Å². The predicted octanol–water partition coefficient (Wildman–Crippen LogP) is 5.36. The van der Waals surface area contributed by atoms with E-state index >= 15 is 0 Å². The summed E-state index contributed by atoms with van der Waals surface area (Å²) in [6.45, 7) is 2.60. The van der Waals surface area contributed by atoms with Gasteiger partial charge in [0.05, 0.1) is 15.9 Å². The van der Waals surface area contributed by atoms with Crippen molar-refractivity contribution in [1.29, 1.82) is 0 Å². The van der Waals surface area contributed by atoms with E-state index in [1.54, 1.807) is 30.5 Å². The van der Waals surface area contributed by atoms with E-state index in [0.29, 0.717) is 24.8 Å². The lowest BCUT2D eigenvalue weighted by molar-refractivity contribution is 0.0959. The molecule has 1 aliphatic heterocycles. The Bertz CT molecular complexity index is 1350. The van der Waals surface area contributed by atoms with Crippen LogP contribution in [0.5, 0.6) is 0 Å². The van der Waals surface area contributed by atoms with Crippen LogP contribution in [0.25, 0.3) is 26.4 Å². The number of likely N-dealkylation sites (tertiary alicyclic amines) is 1. The van der Waals surface area contributed by atoms with Crippen molar-refractivity contribution in [3.63, 3.8) is 0 Å². The number of fused-ring (bicyclic) bond motifs is 3. The van der Waals surface area contributed by atoms with Crippen LogP contribution in [-0.2, 0) is 0 Å². The Morgan fingerprint density at radius 2 is 1.83 bits per heavy atom. The van der Waals surface area contributed by atoms with Gasteiger partial charge in [0, 0.05) is 49.4 Å². The lowest BCUT2D eigenvalue weighted by Crippen LogP contribution is -2.35. The molecule has 182 valence electrons. The molecule has 1 fully saturated rings. The van der Waals surface area contributed by atoms with Gasteiger partial charge in [-0.15, -0.1) is 0 Å². The third-order valence-corrected chi connectivity index (χ3v) is 7.75. The molecule has 0 atom stereocenters. The molecule has 1 N–H and O–H groups in total. The number of nitrogens with one attached hydrogen (secondary N) is 1. The van der Waals surface area contributed by atoms with Gasteiger partial charge in [-0.05, 0) is 62.6 Å². The Morgan fingerprint density at radius 3 is 2.57 bits per heavy atom. The van der Waals surface area contributed by atoms with Crippen LogP contribution in [0, 0.1) is 0 Å². The minimum atomic E-state index is -0.642. The maximum atomic E-state index is 13.3. The minimum Gasteiger partial charge on any atom is -0.355 e. The van der Waals surface area contributed by atoms with E-state index in [-0.39, 0.29) is 11.7 Å². The summed E-state index contributed by atoms with van der Waals surface area (Å²) in [7, 11) is 1.62. The normalized spacial score (nSPS) is 15.1. The molecule has 4 aromatic rings. The number of benzene rings is 2. The van der Waals surface area contributed by atoms with Crippen molar-refractivity contribution in [2.45, 2.75) is 38.3 Å². The summed E-state index contributed by atoms with van der Waals surface area (Å²) >= 11 is 1.57.